The molecule has 2 rings (SSSR count). The fourth-order valence-electron chi connectivity index (χ4n) is 2.23. The average Bonchev–Trinajstić information content (AvgIpc) is 3.16. The highest BCUT2D eigenvalue weighted by molar-refractivity contribution is 9.09. The van der Waals surface area contributed by atoms with Crippen molar-refractivity contribution in [1.82, 2.24) is 5.32 Å². The number of nitrogens with one attached hydrogen (secondary N) is 1. The molecule has 2 nitrogen and oxygen atoms in total. The molecule has 98 valence electrons. The number of hydrogen-bond acceptors (Lipinski definition) is 1. The molecule has 0 spiro atoms. The van der Waals surface area contributed by atoms with E-state index < -0.39 is 0 Å². The lowest BCUT2D eigenvalue weighted by Gasteiger charge is -2.19. The molecule has 1 aliphatic rings. The molecule has 0 radical (unpaired) electrons. The summed E-state index contributed by atoms with van der Waals surface area (Å²) in [5.74, 6) is 1.27. The number of carbonyl (C=O) groups excluding carboxylic acids is 1. The zero-order valence-corrected chi connectivity index (χ0v) is 12.5. The Morgan fingerprint density at radius 3 is 2.61 bits per heavy atom. The van der Waals surface area contributed by atoms with Gasteiger partial charge in [0.15, 0.2) is 0 Å². The minimum atomic E-state index is 0.174. The second-order valence-corrected chi connectivity index (χ2v) is 6.02. The fraction of sp³-hybridized carbons (Fsp3) is 0.533. The molecule has 3 unspecified atom stereocenters. The first-order chi connectivity index (χ1) is 8.63. The summed E-state index contributed by atoms with van der Waals surface area (Å²) in [6.07, 6.45) is 0.989. The molecular formula is C15H20BrNO. The Balaban J connectivity index is 1.90. The van der Waals surface area contributed by atoms with E-state index in [0.29, 0.717) is 11.8 Å². The van der Waals surface area contributed by atoms with Crippen molar-refractivity contribution in [1.29, 1.82) is 0 Å². The van der Waals surface area contributed by atoms with Crippen molar-refractivity contribution in [3.63, 3.8) is 0 Å². The Kier molecular flexibility index (Phi) is 4.44. The van der Waals surface area contributed by atoms with Gasteiger partial charge >= 0.3 is 0 Å². The summed E-state index contributed by atoms with van der Waals surface area (Å²) in [6.45, 7) is 4.27. The molecule has 0 aliphatic heterocycles. The van der Waals surface area contributed by atoms with Crippen molar-refractivity contribution < 1.29 is 4.79 Å². The third-order valence-electron chi connectivity index (χ3n) is 3.65. The number of benzene rings is 1. The molecule has 1 aromatic carbocycles. The van der Waals surface area contributed by atoms with Crippen LogP contribution in [0.3, 0.4) is 0 Å². The Bertz CT molecular complexity index is 404. The van der Waals surface area contributed by atoms with E-state index >= 15 is 0 Å². The predicted octanol–water partition coefficient (Wildman–Crippen LogP) is 3.33. The van der Waals surface area contributed by atoms with Gasteiger partial charge in [0.1, 0.15) is 0 Å². The lowest BCUT2D eigenvalue weighted by Crippen LogP contribution is -2.40. The summed E-state index contributed by atoms with van der Waals surface area (Å²) in [4.78, 5) is 12.1. The van der Waals surface area contributed by atoms with Crippen LogP contribution in [-0.2, 0) is 4.79 Å². The molecule has 3 atom stereocenters. The molecule has 1 N–H and O–H groups in total. The van der Waals surface area contributed by atoms with E-state index in [2.05, 4.69) is 47.2 Å². The maximum Gasteiger partial charge on any atom is 0.224 e. The van der Waals surface area contributed by atoms with Gasteiger partial charge in [-0.15, -0.1) is 0 Å². The maximum atomic E-state index is 12.1. The van der Waals surface area contributed by atoms with Gasteiger partial charge in [0.25, 0.3) is 0 Å². The van der Waals surface area contributed by atoms with E-state index in [4.69, 9.17) is 0 Å². The summed E-state index contributed by atoms with van der Waals surface area (Å²) in [5, 5.41) is 3.96. The molecule has 0 saturated heterocycles. The second-order valence-electron chi connectivity index (χ2n) is 5.37. The molecule has 18 heavy (non-hydrogen) atoms. The molecular weight excluding hydrogens is 290 g/mol. The molecule has 1 aromatic rings. The van der Waals surface area contributed by atoms with E-state index in [-0.39, 0.29) is 17.9 Å². The lowest BCUT2D eigenvalue weighted by atomic mass is 10.1. The van der Waals surface area contributed by atoms with E-state index in [1.54, 1.807) is 0 Å². The molecule has 1 saturated carbocycles. The van der Waals surface area contributed by atoms with Crippen molar-refractivity contribution in [2.24, 2.45) is 11.8 Å². The van der Waals surface area contributed by atoms with Crippen LogP contribution >= 0.6 is 15.9 Å². The van der Waals surface area contributed by atoms with Crippen LogP contribution in [0.2, 0.25) is 0 Å². The molecule has 0 heterocycles. The highest BCUT2D eigenvalue weighted by Crippen LogP contribution is 2.47. The SMILES string of the molecule is CC(C)C(CBr)NC(=O)C1CC1c1ccccc1. The van der Waals surface area contributed by atoms with E-state index in [0.717, 1.165) is 11.8 Å². The van der Waals surface area contributed by atoms with E-state index in [9.17, 15) is 4.79 Å². The van der Waals surface area contributed by atoms with Crippen LogP contribution in [0.5, 0.6) is 0 Å². The third-order valence-corrected chi connectivity index (χ3v) is 4.35. The highest BCUT2D eigenvalue weighted by Gasteiger charge is 2.44. The molecule has 0 bridgehead atoms. The van der Waals surface area contributed by atoms with Gasteiger partial charge in [0.05, 0.1) is 0 Å². The zero-order chi connectivity index (χ0) is 13.1. The smallest absolute Gasteiger partial charge is 0.224 e. The van der Waals surface area contributed by atoms with Crippen LogP contribution in [0, 0.1) is 11.8 Å². The number of amides is 1. The van der Waals surface area contributed by atoms with Crippen LogP contribution in [-0.4, -0.2) is 17.3 Å². The van der Waals surface area contributed by atoms with Gasteiger partial charge in [-0.25, -0.2) is 0 Å². The summed E-state index contributed by atoms with van der Waals surface area (Å²) < 4.78 is 0. The summed E-state index contributed by atoms with van der Waals surface area (Å²) in [5.41, 5.74) is 1.29. The standard InChI is InChI=1S/C15H20BrNO/c1-10(2)14(9-16)17-15(18)13-8-12(13)11-6-4-3-5-7-11/h3-7,10,12-14H,8-9H2,1-2H3,(H,17,18). The molecule has 1 fully saturated rings. The van der Waals surface area contributed by atoms with Gasteiger partial charge in [-0.3, -0.25) is 4.79 Å². The lowest BCUT2D eigenvalue weighted by molar-refractivity contribution is -0.123. The zero-order valence-electron chi connectivity index (χ0n) is 10.9. The number of hydrogen-bond donors (Lipinski definition) is 1. The first-order valence-corrected chi connectivity index (χ1v) is 7.67. The first-order valence-electron chi connectivity index (χ1n) is 6.54. The Morgan fingerprint density at radius 2 is 2.06 bits per heavy atom. The minimum Gasteiger partial charge on any atom is -0.352 e. The second kappa shape index (κ2) is 5.87. The van der Waals surface area contributed by atoms with Gasteiger partial charge in [0, 0.05) is 17.3 Å². The minimum absolute atomic E-state index is 0.174. The topological polar surface area (TPSA) is 29.1 Å². The molecule has 0 aromatic heterocycles. The van der Waals surface area contributed by atoms with Crippen molar-refractivity contribution in [2.45, 2.75) is 32.2 Å². The van der Waals surface area contributed by atoms with Gasteiger partial charge in [0.2, 0.25) is 5.91 Å². The normalized spacial score (nSPS) is 23.8. The quantitative estimate of drug-likeness (QED) is 0.831. The van der Waals surface area contributed by atoms with Crippen LogP contribution < -0.4 is 5.32 Å². The van der Waals surface area contributed by atoms with Crippen LogP contribution in [0.1, 0.15) is 31.7 Å². The monoisotopic (exact) mass is 309 g/mol. The Labute approximate surface area is 117 Å². The Hall–Kier alpha value is -0.830. The summed E-state index contributed by atoms with van der Waals surface area (Å²) in [6, 6.07) is 10.6. The highest BCUT2D eigenvalue weighted by atomic mass is 79.9. The van der Waals surface area contributed by atoms with Crippen LogP contribution in [0.15, 0.2) is 30.3 Å². The van der Waals surface area contributed by atoms with E-state index in [1.165, 1.54) is 5.56 Å². The number of halogens is 1. The van der Waals surface area contributed by atoms with Crippen molar-refractivity contribution in [3.05, 3.63) is 35.9 Å². The van der Waals surface area contributed by atoms with Crippen molar-refractivity contribution in [3.8, 4) is 0 Å². The number of carbonyl (C=O) groups is 1. The van der Waals surface area contributed by atoms with Gasteiger partial charge in [-0.2, -0.15) is 0 Å². The maximum absolute atomic E-state index is 12.1. The first kappa shape index (κ1) is 13.6. The van der Waals surface area contributed by atoms with Crippen molar-refractivity contribution >= 4 is 21.8 Å². The van der Waals surface area contributed by atoms with Gasteiger partial charge in [-0.05, 0) is 23.8 Å². The number of rotatable bonds is 5. The summed E-state index contributed by atoms with van der Waals surface area (Å²) >= 11 is 3.46. The molecule has 1 amide bonds. The van der Waals surface area contributed by atoms with Crippen LogP contribution in [0.25, 0.3) is 0 Å². The molecule has 1 aliphatic carbocycles. The van der Waals surface area contributed by atoms with Gasteiger partial charge in [-0.1, -0.05) is 60.1 Å². The fourth-order valence-corrected chi connectivity index (χ4v) is 3.14. The average molecular weight is 310 g/mol. The van der Waals surface area contributed by atoms with Crippen molar-refractivity contribution in [2.75, 3.05) is 5.33 Å². The van der Waals surface area contributed by atoms with Gasteiger partial charge < -0.3 is 5.32 Å². The largest absolute Gasteiger partial charge is 0.352 e. The molecule has 3 heteroatoms. The van der Waals surface area contributed by atoms with Crippen LogP contribution in [0.4, 0.5) is 0 Å². The summed E-state index contributed by atoms with van der Waals surface area (Å²) in [7, 11) is 0. The third kappa shape index (κ3) is 3.14. The number of alkyl halides is 1. The van der Waals surface area contributed by atoms with E-state index in [1.807, 2.05) is 18.2 Å². The predicted molar refractivity (Wildman–Crippen MR) is 77.9 cm³/mol. The Morgan fingerprint density at radius 1 is 1.39 bits per heavy atom.